The first-order chi connectivity index (χ1) is 12.5. The SMILES string of the molecule is Cc1[nH]c2ccc(C(=O)Nc3cccc(-n4cc[nH]c4=S)c3)cc2c1C. The molecule has 130 valence electrons. The first kappa shape index (κ1) is 16.4. The largest absolute Gasteiger partial charge is 0.358 e. The number of carbonyl (C=O) groups is 1. The van der Waals surface area contributed by atoms with Gasteiger partial charge in [0.2, 0.25) is 0 Å². The van der Waals surface area contributed by atoms with Gasteiger partial charge in [-0.25, -0.2) is 0 Å². The number of carbonyl (C=O) groups excluding carboxylic acids is 1. The van der Waals surface area contributed by atoms with Crippen LogP contribution in [0.3, 0.4) is 0 Å². The quantitative estimate of drug-likeness (QED) is 0.455. The summed E-state index contributed by atoms with van der Waals surface area (Å²) < 4.78 is 2.46. The van der Waals surface area contributed by atoms with Crippen molar-refractivity contribution in [3.63, 3.8) is 0 Å². The number of amides is 1. The van der Waals surface area contributed by atoms with Crippen LogP contribution < -0.4 is 5.32 Å². The molecule has 0 bridgehead atoms. The first-order valence-corrected chi connectivity index (χ1v) is 8.70. The molecule has 0 saturated carbocycles. The zero-order valence-electron chi connectivity index (χ0n) is 14.5. The maximum absolute atomic E-state index is 12.7. The van der Waals surface area contributed by atoms with E-state index >= 15 is 0 Å². The summed E-state index contributed by atoms with van der Waals surface area (Å²) in [6.45, 7) is 4.09. The third kappa shape index (κ3) is 2.84. The van der Waals surface area contributed by atoms with Crippen molar-refractivity contribution >= 4 is 34.7 Å². The van der Waals surface area contributed by atoms with Crippen molar-refractivity contribution in [2.75, 3.05) is 5.32 Å². The highest BCUT2D eigenvalue weighted by Gasteiger charge is 2.11. The lowest BCUT2D eigenvalue weighted by Gasteiger charge is -2.08. The highest BCUT2D eigenvalue weighted by atomic mass is 32.1. The summed E-state index contributed by atoms with van der Waals surface area (Å²) in [4.78, 5) is 19.0. The summed E-state index contributed by atoms with van der Waals surface area (Å²) in [5, 5.41) is 4.04. The van der Waals surface area contributed by atoms with Crippen molar-refractivity contribution in [3.8, 4) is 5.69 Å². The fourth-order valence-corrected chi connectivity index (χ4v) is 3.30. The van der Waals surface area contributed by atoms with E-state index in [4.69, 9.17) is 12.2 Å². The van der Waals surface area contributed by atoms with Gasteiger partial charge in [-0.2, -0.15) is 0 Å². The van der Waals surface area contributed by atoms with Crippen molar-refractivity contribution in [2.24, 2.45) is 0 Å². The summed E-state index contributed by atoms with van der Waals surface area (Å²) in [7, 11) is 0. The molecule has 0 radical (unpaired) electrons. The van der Waals surface area contributed by atoms with Crippen LogP contribution >= 0.6 is 12.2 Å². The first-order valence-electron chi connectivity index (χ1n) is 8.30. The Labute approximate surface area is 155 Å². The minimum Gasteiger partial charge on any atom is -0.358 e. The lowest BCUT2D eigenvalue weighted by Crippen LogP contribution is -2.12. The lowest BCUT2D eigenvalue weighted by atomic mass is 10.1. The van der Waals surface area contributed by atoms with E-state index in [-0.39, 0.29) is 5.91 Å². The number of nitrogens with one attached hydrogen (secondary N) is 3. The predicted molar refractivity (Wildman–Crippen MR) is 107 cm³/mol. The van der Waals surface area contributed by atoms with Gasteiger partial charge >= 0.3 is 0 Å². The Morgan fingerprint density at radius 1 is 1.15 bits per heavy atom. The molecule has 0 unspecified atom stereocenters. The summed E-state index contributed by atoms with van der Waals surface area (Å²) in [5.41, 5.74) is 5.56. The van der Waals surface area contributed by atoms with E-state index in [1.807, 2.05) is 60.2 Å². The van der Waals surface area contributed by atoms with Crippen LogP contribution in [0.15, 0.2) is 54.9 Å². The van der Waals surface area contributed by atoms with Crippen molar-refractivity contribution in [2.45, 2.75) is 13.8 Å². The number of aromatic nitrogens is 3. The molecule has 4 aromatic rings. The molecule has 0 aliphatic heterocycles. The maximum atomic E-state index is 12.7. The normalized spacial score (nSPS) is 11.0. The Hall–Kier alpha value is -3.12. The monoisotopic (exact) mass is 362 g/mol. The van der Waals surface area contributed by atoms with E-state index in [9.17, 15) is 4.79 Å². The Bertz CT molecular complexity index is 1180. The van der Waals surface area contributed by atoms with Crippen molar-refractivity contribution in [1.29, 1.82) is 0 Å². The Morgan fingerprint density at radius 2 is 2.00 bits per heavy atom. The summed E-state index contributed by atoms with van der Waals surface area (Å²) in [5.74, 6) is -0.139. The molecule has 5 nitrogen and oxygen atoms in total. The highest BCUT2D eigenvalue weighted by Crippen LogP contribution is 2.23. The molecule has 0 aliphatic rings. The Morgan fingerprint density at radius 3 is 2.77 bits per heavy atom. The van der Waals surface area contributed by atoms with E-state index in [0.717, 1.165) is 28.0 Å². The molecule has 3 N–H and O–H groups in total. The van der Waals surface area contributed by atoms with Crippen LogP contribution in [0, 0.1) is 18.6 Å². The van der Waals surface area contributed by atoms with Crippen LogP contribution in [0.1, 0.15) is 21.6 Å². The predicted octanol–water partition coefficient (Wildman–Crippen LogP) is 4.89. The van der Waals surface area contributed by atoms with Crippen molar-refractivity contribution in [3.05, 3.63) is 76.5 Å². The number of H-pyrrole nitrogens is 2. The van der Waals surface area contributed by atoms with Gasteiger partial charge in [-0.1, -0.05) is 6.07 Å². The zero-order chi connectivity index (χ0) is 18.3. The zero-order valence-corrected chi connectivity index (χ0v) is 15.3. The number of benzene rings is 2. The molecular weight excluding hydrogens is 344 g/mol. The van der Waals surface area contributed by atoms with Gasteiger partial charge in [-0.15, -0.1) is 0 Å². The highest BCUT2D eigenvalue weighted by molar-refractivity contribution is 7.71. The Balaban J connectivity index is 1.63. The van der Waals surface area contributed by atoms with Gasteiger partial charge < -0.3 is 15.3 Å². The number of imidazole rings is 1. The smallest absolute Gasteiger partial charge is 0.255 e. The van der Waals surface area contributed by atoms with E-state index < -0.39 is 0 Å². The molecule has 0 spiro atoms. The van der Waals surface area contributed by atoms with Crippen LogP contribution in [-0.4, -0.2) is 20.4 Å². The van der Waals surface area contributed by atoms with Crippen molar-refractivity contribution in [1.82, 2.24) is 14.5 Å². The molecule has 0 fully saturated rings. The lowest BCUT2D eigenvalue weighted by molar-refractivity contribution is 0.102. The van der Waals surface area contributed by atoms with E-state index in [1.54, 1.807) is 6.20 Å². The molecule has 1 amide bonds. The van der Waals surface area contributed by atoms with Gasteiger partial charge in [0.15, 0.2) is 4.77 Å². The average Bonchev–Trinajstić information content (AvgIpc) is 3.18. The van der Waals surface area contributed by atoms with E-state index in [1.165, 1.54) is 5.56 Å². The number of nitrogens with zero attached hydrogens (tertiary/aromatic N) is 1. The summed E-state index contributed by atoms with van der Waals surface area (Å²) in [6.07, 6.45) is 3.64. The molecule has 0 saturated heterocycles. The number of hydrogen-bond donors (Lipinski definition) is 3. The Kier molecular flexibility index (Phi) is 3.97. The van der Waals surface area contributed by atoms with Crippen LogP contribution in [0.5, 0.6) is 0 Å². The third-order valence-corrected chi connectivity index (χ3v) is 4.92. The van der Waals surface area contributed by atoms with Crippen molar-refractivity contribution < 1.29 is 4.79 Å². The fourth-order valence-electron chi connectivity index (χ4n) is 3.06. The summed E-state index contributed by atoms with van der Waals surface area (Å²) >= 11 is 5.25. The molecule has 2 aromatic heterocycles. The molecule has 4 rings (SSSR count). The van der Waals surface area contributed by atoms with Crippen LogP contribution in [-0.2, 0) is 0 Å². The van der Waals surface area contributed by atoms with Gasteiger partial charge in [-0.3, -0.25) is 9.36 Å². The van der Waals surface area contributed by atoms with E-state index in [2.05, 4.69) is 22.2 Å². The van der Waals surface area contributed by atoms with Gasteiger partial charge in [0.25, 0.3) is 5.91 Å². The van der Waals surface area contributed by atoms with Crippen LogP contribution in [0.25, 0.3) is 16.6 Å². The molecule has 0 aliphatic carbocycles. The number of fused-ring (bicyclic) bond motifs is 1. The standard InChI is InChI=1S/C20H18N4OS/c1-12-13(2)22-18-7-6-14(10-17(12)18)19(25)23-15-4-3-5-16(11-15)24-9-8-21-20(24)26/h3-11,22H,1-2H3,(H,21,26)(H,23,25). The molecule has 26 heavy (non-hydrogen) atoms. The second kappa shape index (κ2) is 6.31. The van der Waals surface area contributed by atoms with Gasteiger partial charge in [0.1, 0.15) is 0 Å². The molecular formula is C20H18N4OS. The minimum absolute atomic E-state index is 0.139. The summed E-state index contributed by atoms with van der Waals surface area (Å²) in [6, 6.07) is 13.3. The average molecular weight is 362 g/mol. The van der Waals surface area contributed by atoms with Crippen LogP contribution in [0.2, 0.25) is 0 Å². The molecule has 6 heteroatoms. The second-order valence-corrected chi connectivity index (χ2v) is 6.66. The second-order valence-electron chi connectivity index (χ2n) is 6.28. The minimum atomic E-state index is -0.139. The van der Waals surface area contributed by atoms with Gasteiger partial charge in [0, 0.05) is 45.9 Å². The topological polar surface area (TPSA) is 65.6 Å². The molecule has 2 aromatic carbocycles. The molecule has 0 atom stereocenters. The van der Waals surface area contributed by atoms with E-state index in [0.29, 0.717) is 10.3 Å². The number of hydrogen-bond acceptors (Lipinski definition) is 2. The maximum Gasteiger partial charge on any atom is 0.255 e. The number of aromatic amines is 2. The number of anilines is 1. The number of aryl methyl sites for hydroxylation is 2. The fraction of sp³-hybridized carbons (Fsp3) is 0.100. The molecule has 2 heterocycles. The van der Waals surface area contributed by atoms with Gasteiger partial charge in [0.05, 0.1) is 0 Å². The van der Waals surface area contributed by atoms with Gasteiger partial charge in [-0.05, 0) is 68.0 Å². The van der Waals surface area contributed by atoms with Crippen LogP contribution in [0.4, 0.5) is 5.69 Å². The number of rotatable bonds is 3. The third-order valence-electron chi connectivity index (χ3n) is 4.60.